The van der Waals surface area contributed by atoms with Crippen molar-refractivity contribution in [3.05, 3.63) is 101 Å². The summed E-state index contributed by atoms with van der Waals surface area (Å²) in [6.07, 6.45) is 0.844. The van der Waals surface area contributed by atoms with Crippen LogP contribution in [0.5, 0.6) is 0 Å². The monoisotopic (exact) mass is 422 g/mol. The van der Waals surface area contributed by atoms with E-state index in [0.29, 0.717) is 18.8 Å². The van der Waals surface area contributed by atoms with Crippen LogP contribution in [0.25, 0.3) is 16.8 Å². The Balaban J connectivity index is 1.50. The van der Waals surface area contributed by atoms with Crippen molar-refractivity contribution in [2.75, 3.05) is 11.4 Å². The van der Waals surface area contributed by atoms with Crippen LogP contribution in [0.4, 0.5) is 5.69 Å². The third-order valence-corrected chi connectivity index (χ3v) is 6.12. The molecule has 160 valence electrons. The van der Waals surface area contributed by atoms with Crippen LogP contribution in [0.15, 0.2) is 72.8 Å². The highest BCUT2D eigenvalue weighted by Crippen LogP contribution is 2.34. The first kappa shape index (κ1) is 20.2. The molecular formula is C27H26N4O. The molecule has 1 amide bonds. The van der Waals surface area contributed by atoms with Crippen molar-refractivity contribution in [3.8, 4) is 16.8 Å². The number of aromatic nitrogens is 2. The number of rotatable bonds is 4. The lowest BCUT2D eigenvalue weighted by molar-refractivity contribution is 0.0982. The molecule has 2 heterocycles. The predicted molar refractivity (Wildman–Crippen MR) is 128 cm³/mol. The molecule has 1 aromatic heterocycles. The normalized spacial score (nSPS) is 12.8. The second-order valence-corrected chi connectivity index (χ2v) is 8.32. The van der Waals surface area contributed by atoms with Gasteiger partial charge >= 0.3 is 0 Å². The minimum Gasteiger partial charge on any atom is -0.326 e. The van der Waals surface area contributed by atoms with Gasteiger partial charge in [0.15, 0.2) is 0 Å². The summed E-state index contributed by atoms with van der Waals surface area (Å²) in [4.78, 5) is 15.5. The van der Waals surface area contributed by atoms with Gasteiger partial charge in [0.1, 0.15) is 5.69 Å². The fourth-order valence-electron chi connectivity index (χ4n) is 4.48. The lowest BCUT2D eigenvalue weighted by Gasteiger charge is -2.18. The maximum Gasteiger partial charge on any atom is 0.277 e. The van der Waals surface area contributed by atoms with Crippen molar-refractivity contribution < 1.29 is 4.79 Å². The second-order valence-electron chi connectivity index (χ2n) is 8.32. The van der Waals surface area contributed by atoms with Gasteiger partial charge in [0.05, 0.1) is 11.4 Å². The van der Waals surface area contributed by atoms with Crippen LogP contribution in [-0.2, 0) is 13.0 Å². The van der Waals surface area contributed by atoms with Gasteiger partial charge in [-0.15, -0.1) is 0 Å². The quantitative estimate of drug-likeness (QED) is 0.513. The highest BCUT2D eigenvalue weighted by atomic mass is 16.2. The fourth-order valence-corrected chi connectivity index (χ4v) is 4.48. The van der Waals surface area contributed by atoms with Gasteiger partial charge in [-0.2, -0.15) is 5.10 Å². The van der Waals surface area contributed by atoms with Gasteiger partial charge in [0.2, 0.25) is 0 Å². The number of fused-ring (bicyclic) bond motifs is 1. The Morgan fingerprint density at radius 2 is 1.84 bits per heavy atom. The zero-order chi connectivity index (χ0) is 22.2. The van der Waals surface area contributed by atoms with Crippen molar-refractivity contribution in [3.63, 3.8) is 0 Å². The third kappa shape index (κ3) is 3.51. The van der Waals surface area contributed by atoms with E-state index in [1.165, 1.54) is 22.3 Å². The number of hydrogen-bond donors (Lipinski definition) is 1. The number of aryl methyl sites for hydroxylation is 2. The molecule has 5 rings (SSSR count). The number of anilines is 1. The molecule has 5 nitrogen and oxygen atoms in total. The zero-order valence-electron chi connectivity index (χ0n) is 18.4. The number of nitrogens with zero attached hydrogens (tertiary/aromatic N) is 3. The lowest BCUT2D eigenvalue weighted by atomic mass is 9.98. The van der Waals surface area contributed by atoms with Gasteiger partial charge in [-0.05, 0) is 78.4 Å². The summed E-state index contributed by atoms with van der Waals surface area (Å²) in [6, 6.07) is 24.5. The summed E-state index contributed by atoms with van der Waals surface area (Å²) in [6.45, 7) is 5.15. The van der Waals surface area contributed by atoms with Crippen molar-refractivity contribution in [2.45, 2.75) is 26.8 Å². The average Bonchev–Trinajstić information content (AvgIpc) is 3.42. The third-order valence-electron chi connectivity index (χ3n) is 6.12. The van der Waals surface area contributed by atoms with Gasteiger partial charge < -0.3 is 10.6 Å². The number of hydrogen-bond acceptors (Lipinski definition) is 3. The van der Waals surface area contributed by atoms with Gasteiger partial charge in [0, 0.05) is 18.8 Å². The standard InChI is InChI=1S/C27H26N4O/c1-18-6-3-4-9-24(18)21-10-11-25-22(16-21)12-13-30(25)27(32)26-14-19(2)29-31(26)23-8-5-7-20(15-23)17-28/h3-11,14-16H,12-13,17,28H2,1-2H3. The SMILES string of the molecule is Cc1cc(C(=O)N2CCc3cc(-c4ccccc4C)ccc32)n(-c2cccc(CN)c2)n1. The number of amides is 1. The number of nitrogens with two attached hydrogens (primary N) is 1. The molecule has 2 N–H and O–H groups in total. The molecule has 0 spiro atoms. The van der Waals surface area contributed by atoms with Crippen molar-refractivity contribution >= 4 is 11.6 Å². The molecule has 0 saturated carbocycles. The van der Waals surface area contributed by atoms with Crippen LogP contribution in [0.3, 0.4) is 0 Å². The van der Waals surface area contributed by atoms with Crippen LogP contribution in [0, 0.1) is 13.8 Å². The minimum absolute atomic E-state index is 0.0360. The summed E-state index contributed by atoms with van der Waals surface area (Å²) in [5, 5.41) is 4.60. The average molecular weight is 423 g/mol. The molecule has 0 atom stereocenters. The second kappa shape index (κ2) is 8.09. The van der Waals surface area contributed by atoms with E-state index >= 15 is 0 Å². The van der Waals surface area contributed by atoms with Crippen LogP contribution < -0.4 is 10.6 Å². The zero-order valence-corrected chi connectivity index (χ0v) is 18.4. The molecule has 0 bridgehead atoms. The van der Waals surface area contributed by atoms with Crippen molar-refractivity contribution in [1.29, 1.82) is 0 Å². The van der Waals surface area contributed by atoms with Crippen molar-refractivity contribution in [1.82, 2.24) is 9.78 Å². The molecule has 5 heteroatoms. The maximum absolute atomic E-state index is 13.6. The Morgan fingerprint density at radius 1 is 1.00 bits per heavy atom. The number of carbonyl (C=O) groups excluding carboxylic acids is 1. The summed E-state index contributed by atoms with van der Waals surface area (Å²) in [5.41, 5.74) is 14.9. The summed E-state index contributed by atoms with van der Waals surface area (Å²) >= 11 is 0. The molecule has 0 aliphatic carbocycles. The molecular weight excluding hydrogens is 396 g/mol. The predicted octanol–water partition coefficient (Wildman–Crippen LogP) is 4.82. The molecule has 0 unspecified atom stereocenters. The maximum atomic E-state index is 13.6. The van der Waals surface area contributed by atoms with Crippen LogP contribution >= 0.6 is 0 Å². The van der Waals surface area contributed by atoms with Gasteiger partial charge in [0.25, 0.3) is 5.91 Å². The van der Waals surface area contributed by atoms with E-state index in [2.05, 4.69) is 54.5 Å². The minimum atomic E-state index is -0.0360. The van der Waals surface area contributed by atoms with Gasteiger partial charge in [-0.3, -0.25) is 4.79 Å². The molecule has 32 heavy (non-hydrogen) atoms. The van der Waals surface area contributed by atoms with Crippen LogP contribution in [0.2, 0.25) is 0 Å². The first-order valence-electron chi connectivity index (χ1n) is 10.9. The van der Waals surface area contributed by atoms with E-state index in [-0.39, 0.29) is 5.91 Å². The molecule has 1 aliphatic heterocycles. The number of benzene rings is 3. The summed E-state index contributed by atoms with van der Waals surface area (Å²) < 4.78 is 1.73. The molecule has 0 saturated heterocycles. The molecule has 0 fully saturated rings. The summed E-state index contributed by atoms with van der Waals surface area (Å²) in [5.74, 6) is -0.0360. The Bertz CT molecular complexity index is 1320. The van der Waals surface area contributed by atoms with E-state index in [1.807, 2.05) is 42.2 Å². The summed E-state index contributed by atoms with van der Waals surface area (Å²) in [7, 11) is 0. The van der Waals surface area contributed by atoms with Crippen LogP contribution in [0.1, 0.15) is 32.9 Å². The largest absolute Gasteiger partial charge is 0.326 e. The van der Waals surface area contributed by atoms with E-state index in [4.69, 9.17) is 5.73 Å². The first-order valence-corrected chi connectivity index (χ1v) is 10.9. The van der Waals surface area contributed by atoms with Gasteiger partial charge in [-0.25, -0.2) is 4.68 Å². The highest BCUT2D eigenvalue weighted by molar-refractivity contribution is 6.06. The lowest BCUT2D eigenvalue weighted by Crippen LogP contribution is -2.30. The first-order chi connectivity index (χ1) is 15.5. The Hall–Kier alpha value is -3.70. The Labute approximate surface area is 188 Å². The molecule has 1 aliphatic rings. The van der Waals surface area contributed by atoms with E-state index in [1.54, 1.807) is 4.68 Å². The smallest absolute Gasteiger partial charge is 0.277 e. The Morgan fingerprint density at radius 3 is 2.66 bits per heavy atom. The molecule has 4 aromatic rings. The Kier molecular flexibility index (Phi) is 5.11. The molecule has 3 aromatic carbocycles. The van der Waals surface area contributed by atoms with Gasteiger partial charge in [-0.1, -0.05) is 42.5 Å². The van der Waals surface area contributed by atoms with Crippen molar-refractivity contribution in [2.24, 2.45) is 5.73 Å². The topological polar surface area (TPSA) is 64.2 Å². The van der Waals surface area contributed by atoms with E-state index < -0.39 is 0 Å². The van der Waals surface area contributed by atoms with E-state index in [0.717, 1.165) is 29.1 Å². The number of carbonyl (C=O) groups is 1. The highest BCUT2D eigenvalue weighted by Gasteiger charge is 2.29. The fraction of sp³-hybridized carbons (Fsp3) is 0.185. The van der Waals surface area contributed by atoms with Crippen LogP contribution in [-0.4, -0.2) is 22.2 Å². The molecule has 0 radical (unpaired) electrons. The van der Waals surface area contributed by atoms with E-state index in [9.17, 15) is 4.79 Å².